The van der Waals surface area contributed by atoms with Gasteiger partial charge in [0.2, 0.25) is 0 Å². The van der Waals surface area contributed by atoms with Crippen molar-refractivity contribution >= 4 is 12.2 Å². The van der Waals surface area contributed by atoms with Gasteiger partial charge in [-0.3, -0.25) is 10.2 Å². The maximum atomic E-state index is 10.8. The van der Waals surface area contributed by atoms with Gasteiger partial charge >= 0.3 is 5.97 Å². The lowest BCUT2D eigenvalue weighted by atomic mass is 10.0. The van der Waals surface area contributed by atoms with Crippen molar-refractivity contribution < 1.29 is 14.6 Å². The fraction of sp³-hybridized carbons (Fsp3) is 0.444. The molecule has 0 aromatic carbocycles. The lowest BCUT2D eigenvalue weighted by Gasteiger charge is -2.06. The topological polar surface area (TPSA) is 70.9 Å². The quantitative estimate of drug-likeness (QED) is 0.288. The molecule has 1 unspecified atom stereocenters. The Morgan fingerprint density at radius 2 is 1.91 bits per heavy atom. The largest absolute Gasteiger partial charge is 0.497 e. The average Bonchev–Trinajstić information content (AvgIpc) is 2.57. The first kappa shape index (κ1) is 23.0. The number of hydrazone groups is 1. The summed E-state index contributed by atoms with van der Waals surface area (Å²) in [6.45, 7) is 13.1. The van der Waals surface area contributed by atoms with Crippen LogP contribution in [-0.4, -0.2) is 24.4 Å². The van der Waals surface area contributed by atoms with E-state index in [0.717, 1.165) is 11.3 Å². The molecular formula is C18H30N2O3. The molecule has 1 atom stereocenters. The molecule has 0 amide bonds. The van der Waals surface area contributed by atoms with Crippen LogP contribution in [0.5, 0.6) is 0 Å². The number of hydrogen-bond acceptors (Lipinski definition) is 4. The minimum Gasteiger partial charge on any atom is -0.497 e. The molecule has 0 saturated heterocycles. The fourth-order valence-corrected chi connectivity index (χ4v) is 1.32. The smallest absolute Gasteiger partial charge is 0.306 e. The summed E-state index contributed by atoms with van der Waals surface area (Å²) in [6.07, 6.45) is 9.29. The number of nitrogens with one attached hydrogen (secondary N) is 1. The van der Waals surface area contributed by atoms with Crippen LogP contribution in [0.4, 0.5) is 0 Å². The van der Waals surface area contributed by atoms with E-state index in [1.165, 1.54) is 0 Å². The molecule has 0 aliphatic carbocycles. The highest BCUT2D eigenvalue weighted by Crippen LogP contribution is 2.09. The molecule has 0 radical (unpaired) electrons. The van der Waals surface area contributed by atoms with Gasteiger partial charge in [-0.05, 0) is 38.0 Å². The lowest BCUT2D eigenvalue weighted by Crippen LogP contribution is -2.11. The second-order valence-corrected chi connectivity index (χ2v) is 4.42. The van der Waals surface area contributed by atoms with Crippen LogP contribution in [0.2, 0.25) is 0 Å². The summed E-state index contributed by atoms with van der Waals surface area (Å²) in [4.78, 5) is 10.8. The second kappa shape index (κ2) is 14.6. The van der Waals surface area contributed by atoms with Gasteiger partial charge in [0.25, 0.3) is 0 Å². The van der Waals surface area contributed by atoms with Gasteiger partial charge in [0.15, 0.2) is 0 Å². The van der Waals surface area contributed by atoms with Gasteiger partial charge in [-0.25, -0.2) is 0 Å². The summed E-state index contributed by atoms with van der Waals surface area (Å²) in [5.41, 5.74) is 4.52. The molecular weight excluding hydrogens is 292 g/mol. The molecule has 0 aromatic rings. The number of methoxy groups -OCH3 is 1. The van der Waals surface area contributed by atoms with Crippen LogP contribution in [0.25, 0.3) is 0 Å². The summed E-state index contributed by atoms with van der Waals surface area (Å²) in [5.74, 6) is -0.704. The summed E-state index contributed by atoms with van der Waals surface area (Å²) in [7, 11) is 1.55. The molecule has 0 aromatic heterocycles. The first-order valence-electron chi connectivity index (χ1n) is 7.68. The predicted octanol–water partition coefficient (Wildman–Crippen LogP) is 4.27. The standard InChI is InChI=1S/C16H24N2O3.C2H6/c1-6-14(10-12(3)16(19)20)11-17-18-15(7-2)9-8-13(4)21-5;1-2/h6-9,11-12,18H,4,10H2,1-3,5H3,(H,19,20);1-2H3/b9-8-,14-6+,15-7+,17-11-;. The molecule has 0 heterocycles. The Bertz CT molecular complexity index is 475. The van der Waals surface area contributed by atoms with Gasteiger partial charge < -0.3 is 9.84 Å². The molecule has 0 aliphatic heterocycles. The Morgan fingerprint density at radius 1 is 1.30 bits per heavy atom. The van der Waals surface area contributed by atoms with Gasteiger partial charge in [-0.15, -0.1) is 0 Å². The van der Waals surface area contributed by atoms with E-state index in [0.29, 0.717) is 12.2 Å². The minimum absolute atomic E-state index is 0.436. The van der Waals surface area contributed by atoms with E-state index in [2.05, 4.69) is 17.1 Å². The highest BCUT2D eigenvalue weighted by Gasteiger charge is 2.11. The Labute approximate surface area is 140 Å². The minimum atomic E-state index is -0.814. The van der Waals surface area contributed by atoms with Crippen molar-refractivity contribution in [2.45, 2.75) is 41.0 Å². The predicted molar refractivity (Wildman–Crippen MR) is 97.2 cm³/mol. The second-order valence-electron chi connectivity index (χ2n) is 4.42. The summed E-state index contributed by atoms with van der Waals surface area (Å²) in [5, 5.41) is 13.0. The molecule has 0 rings (SSSR count). The first-order chi connectivity index (χ1) is 10.9. The van der Waals surface area contributed by atoms with Crippen molar-refractivity contribution in [2.75, 3.05) is 7.11 Å². The normalized spacial score (nSPS) is 13.5. The number of carboxylic acids is 1. The molecule has 5 heteroatoms. The van der Waals surface area contributed by atoms with Crippen molar-refractivity contribution in [1.82, 2.24) is 5.43 Å². The number of ether oxygens (including phenoxy) is 1. The Kier molecular flexibility index (Phi) is 14.6. The van der Waals surface area contributed by atoms with E-state index in [-0.39, 0.29) is 0 Å². The van der Waals surface area contributed by atoms with E-state index in [4.69, 9.17) is 9.84 Å². The molecule has 0 aliphatic rings. The first-order valence-corrected chi connectivity index (χ1v) is 7.68. The van der Waals surface area contributed by atoms with Crippen LogP contribution in [0.3, 0.4) is 0 Å². The van der Waals surface area contributed by atoms with Crippen LogP contribution in [-0.2, 0) is 9.53 Å². The molecule has 130 valence electrons. The zero-order valence-electron chi connectivity index (χ0n) is 15.1. The number of hydrogen-bond donors (Lipinski definition) is 2. The van der Waals surface area contributed by atoms with Crippen LogP contribution in [0.15, 0.2) is 53.0 Å². The molecule has 2 N–H and O–H groups in total. The number of nitrogens with zero attached hydrogens (tertiary/aromatic N) is 1. The van der Waals surface area contributed by atoms with Gasteiger partial charge in [0.1, 0.15) is 5.76 Å². The number of aliphatic carboxylic acids is 1. The molecule has 0 spiro atoms. The van der Waals surface area contributed by atoms with Gasteiger partial charge in [0, 0.05) is 0 Å². The maximum absolute atomic E-state index is 10.8. The SMILES string of the molecule is C=C(/C=C\C(=C/C)N/N=C\C(=C\C)CC(C)C(=O)O)OC.CC. The van der Waals surface area contributed by atoms with Crippen LogP contribution < -0.4 is 5.43 Å². The van der Waals surface area contributed by atoms with Crippen LogP contribution in [0.1, 0.15) is 41.0 Å². The van der Waals surface area contributed by atoms with E-state index in [9.17, 15) is 4.79 Å². The van der Waals surface area contributed by atoms with Crippen molar-refractivity contribution in [1.29, 1.82) is 0 Å². The van der Waals surface area contributed by atoms with Crippen molar-refractivity contribution in [3.05, 3.63) is 47.9 Å². The summed E-state index contributed by atoms with van der Waals surface area (Å²) >= 11 is 0. The third kappa shape index (κ3) is 12.0. The molecule has 0 bridgehead atoms. The van der Waals surface area contributed by atoms with E-state index in [1.54, 1.807) is 32.4 Å². The number of rotatable bonds is 9. The fourth-order valence-electron chi connectivity index (χ4n) is 1.32. The van der Waals surface area contributed by atoms with Gasteiger partial charge in [-0.1, -0.05) is 39.5 Å². The van der Waals surface area contributed by atoms with E-state index < -0.39 is 11.9 Å². The zero-order chi connectivity index (χ0) is 18.3. The van der Waals surface area contributed by atoms with Crippen LogP contribution >= 0.6 is 0 Å². The molecule has 5 nitrogen and oxygen atoms in total. The highest BCUT2D eigenvalue weighted by molar-refractivity contribution is 5.80. The van der Waals surface area contributed by atoms with Gasteiger partial charge in [0.05, 0.1) is 24.9 Å². The number of carbonyl (C=O) groups is 1. The molecule has 0 fully saturated rings. The van der Waals surface area contributed by atoms with Crippen molar-refractivity contribution in [2.24, 2.45) is 11.0 Å². The average molecular weight is 322 g/mol. The van der Waals surface area contributed by atoms with Gasteiger partial charge in [-0.2, -0.15) is 5.10 Å². The monoisotopic (exact) mass is 322 g/mol. The third-order valence-electron chi connectivity index (χ3n) is 2.78. The summed E-state index contributed by atoms with van der Waals surface area (Å²) < 4.78 is 4.93. The Hall–Kier alpha value is -2.30. The molecule has 23 heavy (non-hydrogen) atoms. The third-order valence-corrected chi connectivity index (χ3v) is 2.78. The Morgan fingerprint density at radius 3 is 2.35 bits per heavy atom. The maximum Gasteiger partial charge on any atom is 0.306 e. The Balaban J connectivity index is 0. The molecule has 0 saturated carbocycles. The van der Waals surface area contributed by atoms with Crippen LogP contribution in [0, 0.1) is 5.92 Å². The lowest BCUT2D eigenvalue weighted by molar-refractivity contribution is -0.141. The number of allylic oxidation sites excluding steroid dienone is 5. The zero-order valence-corrected chi connectivity index (χ0v) is 15.1. The van der Waals surface area contributed by atoms with Crippen molar-refractivity contribution in [3.8, 4) is 0 Å². The van der Waals surface area contributed by atoms with E-state index >= 15 is 0 Å². The van der Waals surface area contributed by atoms with E-state index in [1.807, 2.05) is 39.8 Å². The highest BCUT2D eigenvalue weighted by atomic mass is 16.5. The summed E-state index contributed by atoms with van der Waals surface area (Å²) in [6, 6.07) is 0. The van der Waals surface area contributed by atoms with Crippen molar-refractivity contribution in [3.63, 3.8) is 0 Å². The number of carboxylic acid groups (broad SMARTS) is 1.